The predicted octanol–water partition coefficient (Wildman–Crippen LogP) is 2.93. The third-order valence-electron chi connectivity index (χ3n) is 6.02. The van der Waals surface area contributed by atoms with Gasteiger partial charge in [0.05, 0.1) is 26.0 Å². The van der Waals surface area contributed by atoms with Crippen LogP contribution in [0, 0.1) is 5.41 Å². The van der Waals surface area contributed by atoms with Crippen molar-refractivity contribution in [2.24, 2.45) is 5.41 Å². The molecule has 0 bridgehead atoms. The number of hydrogen-bond acceptors (Lipinski definition) is 7. The van der Waals surface area contributed by atoms with E-state index in [2.05, 4.69) is 19.6 Å². The summed E-state index contributed by atoms with van der Waals surface area (Å²) in [6.45, 7) is 12.3. The van der Waals surface area contributed by atoms with Gasteiger partial charge in [0.1, 0.15) is 17.3 Å². The fourth-order valence-corrected chi connectivity index (χ4v) is 6.95. The van der Waals surface area contributed by atoms with Crippen LogP contribution in [0.3, 0.4) is 0 Å². The minimum Gasteiger partial charge on any atom is -0.545 e. The molecule has 8 nitrogen and oxygen atoms in total. The second-order valence-corrected chi connectivity index (χ2v) is 19.3. The third-order valence-corrected chi connectivity index (χ3v) is 7.70. The Kier molecular flexibility index (Phi) is 4.99. The number of aliphatic hydroxyl groups is 1. The molecule has 0 saturated carbocycles. The first-order chi connectivity index (χ1) is 14.3. The molecule has 1 aliphatic carbocycles. The molecule has 1 amide bonds. The lowest BCUT2D eigenvalue weighted by molar-refractivity contribution is -0.162. The second-order valence-electron chi connectivity index (χ2n) is 10.5. The molecule has 1 N–H and O–H groups in total. The minimum absolute atomic E-state index is 0.197. The summed E-state index contributed by atoms with van der Waals surface area (Å²) in [5.41, 5.74) is -0.751. The van der Waals surface area contributed by atoms with E-state index in [1.54, 1.807) is 11.2 Å². The Morgan fingerprint density at radius 2 is 1.84 bits per heavy atom. The van der Waals surface area contributed by atoms with Crippen molar-refractivity contribution >= 4 is 28.5 Å². The number of carbonyl (C=O) groups excluding carboxylic acids is 2. The van der Waals surface area contributed by atoms with E-state index in [9.17, 15) is 14.7 Å². The Hall–Kier alpha value is -2.05. The van der Waals surface area contributed by atoms with Gasteiger partial charge < -0.3 is 28.0 Å². The maximum absolute atomic E-state index is 13.5. The van der Waals surface area contributed by atoms with Gasteiger partial charge in [-0.1, -0.05) is 0 Å². The number of carbonyl (C=O) groups is 2. The summed E-state index contributed by atoms with van der Waals surface area (Å²) < 4.78 is 23.8. The summed E-state index contributed by atoms with van der Waals surface area (Å²) in [5.74, 6) is 0.0108. The molecular weight excluding hydrogens is 434 g/mol. The van der Waals surface area contributed by atoms with Crippen LogP contribution in [-0.2, 0) is 29.7 Å². The molecule has 4 rings (SSSR count). The van der Waals surface area contributed by atoms with E-state index in [1.165, 1.54) is 7.11 Å². The molecule has 2 aliphatic heterocycles. The zero-order valence-corrected chi connectivity index (χ0v) is 21.1. The summed E-state index contributed by atoms with van der Waals surface area (Å²) >= 11 is 0. The van der Waals surface area contributed by atoms with E-state index >= 15 is 0 Å². The van der Waals surface area contributed by atoms with Crippen LogP contribution in [0.4, 0.5) is 0 Å². The highest BCUT2D eigenvalue weighted by Gasteiger charge is 2.73. The highest BCUT2D eigenvalue weighted by Crippen LogP contribution is 2.59. The molecule has 4 atom stereocenters. The van der Waals surface area contributed by atoms with Crippen molar-refractivity contribution in [1.29, 1.82) is 0 Å². The Morgan fingerprint density at radius 1 is 1.19 bits per heavy atom. The number of esters is 1. The number of ether oxygens (including phenoxy) is 1. The van der Waals surface area contributed by atoms with Gasteiger partial charge in [0.15, 0.2) is 11.5 Å². The van der Waals surface area contributed by atoms with Crippen molar-refractivity contribution in [3.8, 4) is 0 Å². The molecule has 1 aromatic heterocycles. The largest absolute Gasteiger partial charge is 0.545 e. The van der Waals surface area contributed by atoms with Gasteiger partial charge in [0, 0.05) is 17.9 Å². The average Bonchev–Trinajstić information content (AvgIpc) is 3.20. The van der Waals surface area contributed by atoms with E-state index < -0.39 is 46.1 Å². The molecule has 0 spiro atoms. The summed E-state index contributed by atoms with van der Waals surface area (Å²) in [6.07, 6.45) is 0.435. The summed E-state index contributed by atoms with van der Waals surface area (Å²) in [6, 6.07) is 1.25. The highest BCUT2D eigenvalue weighted by molar-refractivity contribution is 6.70. The van der Waals surface area contributed by atoms with Gasteiger partial charge in [-0.15, -0.1) is 0 Å². The van der Waals surface area contributed by atoms with E-state index in [-0.39, 0.29) is 18.2 Å². The maximum atomic E-state index is 13.5. The van der Waals surface area contributed by atoms with Gasteiger partial charge in [-0.25, -0.2) is 0 Å². The standard InChI is InChI=1S/C21H31NO7Si2/c1-26-20(25)21-16-13(10-14(28-30(2,3)4)18(21)29-31(5,6)7)12-8-9-27-15(12)11-22(16)19(24)17(21)23/h8-9,13,16-17,23H,10-11H2,1-7H3/t13-,16?,17+,21-/m0/s1. The Labute approximate surface area is 184 Å². The maximum Gasteiger partial charge on any atom is 0.325 e. The Balaban J connectivity index is 2.03. The number of furan rings is 1. The van der Waals surface area contributed by atoms with Crippen LogP contribution >= 0.6 is 0 Å². The van der Waals surface area contributed by atoms with Crippen LogP contribution in [-0.4, -0.2) is 57.8 Å². The molecule has 10 heteroatoms. The topological polar surface area (TPSA) is 98.4 Å². The predicted molar refractivity (Wildman–Crippen MR) is 117 cm³/mol. The average molecular weight is 466 g/mol. The molecule has 1 aromatic rings. The van der Waals surface area contributed by atoms with Crippen LogP contribution < -0.4 is 0 Å². The van der Waals surface area contributed by atoms with E-state index in [1.807, 2.05) is 25.7 Å². The highest BCUT2D eigenvalue weighted by atomic mass is 28.4. The smallest absolute Gasteiger partial charge is 0.325 e. The van der Waals surface area contributed by atoms with Gasteiger partial charge in [-0.3, -0.25) is 9.59 Å². The van der Waals surface area contributed by atoms with Crippen molar-refractivity contribution < 1.29 is 32.7 Å². The normalized spacial score (nSPS) is 30.1. The van der Waals surface area contributed by atoms with Crippen LogP contribution in [0.15, 0.2) is 28.3 Å². The number of hydrogen-bond donors (Lipinski definition) is 1. The van der Waals surface area contributed by atoms with Crippen molar-refractivity contribution in [3.63, 3.8) is 0 Å². The first-order valence-electron chi connectivity index (χ1n) is 10.6. The lowest BCUT2D eigenvalue weighted by Gasteiger charge is -2.49. The number of nitrogens with zero attached hydrogens (tertiary/aromatic N) is 1. The van der Waals surface area contributed by atoms with Gasteiger partial charge >= 0.3 is 5.97 Å². The molecule has 3 aliphatic rings. The molecule has 170 valence electrons. The van der Waals surface area contributed by atoms with Gasteiger partial charge in [-0.2, -0.15) is 0 Å². The molecule has 1 fully saturated rings. The van der Waals surface area contributed by atoms with Crippen LogP contribution in [0.25, 0.3) is 0 Å². The molecule has 1 saturated heterocycles. The monoisotopic (exact) mass is 465 g/mol. The molecule has 31 heavy (non-hydrogen) atoms. The Morgan fingerprint density at radius 3 is 2.42 bits per heavy atom. The van der Waals surface area contributed by atoms with Crippen molar-refractivity contribution in [2.45, 2.75) is 70.3 Å². The minimum atomic E-state index is -2.26. The summed E-state index contributed by atoms with van der Waals surface area (Å²) in [7, 11) is -3.11. The number of allylic oxidation sites excluding steroid dienone is 1. The quantitative estimate of drug-likeness (QED) is 0.527. The first kappa shape index (κ1) is 22.2. The van der Waals surface area contributed by atoms with Crippen LogP contribution in [0.2, 0.25) is 39.3 Å². The van der Waals surface area contributed by atoms with Gasteiger partial charge in [-0.05, 0) is 45.3 Å². The van der Waals surface area contributed by atoms with Crippen LogP contribution in [0.5, 0.6) is 0 Å². The van der Waals surface area contributed by atoms with Gasteiger partial charge in [0.25, 0.3) is 5.91 Å². The number of aliphatic hydroxyl groups excluding tert-OH is 1. The molecule has 0 aromatic carbocycles. The first-order valence-corrected chi connectivity index (χ1v) is 17.4. The molecule has 0 radical (unpaired) electrons. The zero-order valence-electron chi connectivity index (χ0n) is 19.1. The molecule has 1 unspecified atom stereocenters. The lowest BCUT2D eigenvalue weighted by Crippen LogP contribution is -2.58. The number of fused-ring (bicyclic) bond motifs is 2. The second kappa shape index (κ2) is 6.98. The van der Waals surface area contributed by atoms with Crippen molar-refractivity contribution in [1.82, 2.24) is 4.90 Å². The zero-order chi connectivity index (χ0) is 22.9. The molecular formula is C21H31NO7Si2. The number of amides is 1. The Bertz CT molecular complexity index is 958. The number of rotatable bonds is 5. The van der Waals surface area contributed by atoms with Crippen LogP contribution in [0.1, 0.15) is 23.7 Å². The van der Waals surface area contributed by atoms with Crippen molar-refractivity contribution in [2.75, 3.05) is 7.11 Å². The van der Waals surface area contributed by atoms with E-state index in [4.69, 9.17) is 18.0 Å². The van der Waals surface area contributed by atoms with Crippen molar-refractivity contribution in [3.05, 3.63) is 35.2 Å². The van der Waals surface area contributed by atoms with Gasteiger partial charge in [0.2, 0.25) is 16.6 Å². The van der Waals surface area contributed by atoms with E-state index in [0.29, 0.717) is 17.9 Å². The van der Waals surface area contributed by atoms with E-state index in [0.717, 1.165) is 5.56 Å². The SMILES string of the molecule is COC(=O)[C@]12C(O[Si](C)(C)C)=C(O[Si](C)(C)C)C[C@H]3c4ccoc4CN(C(=O)[C@H]1O)C32. The summed E-state index contributed by atoms with van der Waals surface area (Å²) in [5, 5.41) is 11.3. The fraction of sp³-hybridized carbons (Fsp3) is 0.619. The fourth-order valence-electron chi connectivity index (χ4n) is 5.14. The molecule has 3 heterocycles. The summed E-state index contributed by atoms with van der Waals surface area (Å²) in [4.78, 5) is 28.3. The lowest BCUT2D eigenvalue weighted by atomic mass is 9.64. The third kappa shape index (κ3) is 3.26. The number of methoxy groups -OCH3 is 1.